The summed E-state index contributed by atoms with van der Waals surface area (Å²) in [5, 5.41) is 25.9. The fraction of sp³-hybridized carbons (Fsp3) is 0.394. The van der Waals surface area contributed by atoms with E-state index in [0.29, 0.717) is 48.3 Å². The highest BCUT2D eigenvalue weighted by Gasteiger charge is 2.49. The van der Waals surface area contributed by atoms with E-state index in [-0.39, 0.29) is 5.92 Å². The molecular weight excluding hydrogens is 600 g/mol. The molecule has 2 aromatic carbocycles. The van der Waals surface area contributed by atoms with Crippen LogP contribution in [-0.4, -0.2) is 96.1 Å². The Morgan fingerprint density at radius 3 is 2.45 bits per heavy atom. The van der Waals surface area contributed by atoms with Gasteiger partial charge in [-0.25, -0.2) is 4.98 Å². The van der Waals surface area contributed by atoms with Crippen LogP contribution in [0.5, 0.6) is 0 Å². The fourth-order valence-electron chi connectivity index (χ4n) is 6.48. The summed E-state index contributed by atoms with van der Waals surface area (Å²) in [6.07, 6.45) is 2.54. The van der Waals surface area contributed by atoms with Crippen LogP contribution in [-0.2, 0) is 14.3 Å². The van der Waals surface area contributed by atoms with Gasteiger partial charge in [-0.05, 0) is 37.1 Å². The number of piperidine rings is 1. The molecule has 2 saturated heterocycles. The lowest BCUT2D eigenvalue weighted by Gasteiger charge is -2.26. The number of nitrogens with zero attached hydrogens (tertiary/aromatic N) is 7. The lowest BCUT2D eigenvalue weighted by molar-refractivity contribution is -0.142. The van der Waals surface area contributed by atoms with E-state index in [4.69, 9.17) is 19.4 Å². The van der Waals surface area contributed by atoms with E-state index < -0.39 is 24.5 Å². The third kappa shape index (κ3) is 6.66. The number of H-pyrrole nitrogens is 1. The number of aromatic nitrogens is 7. The molecule has 0 spiro atoms. The highest BCUT2D eigenvalue weighted by molar-refractivity contribution is 5.84. The Labute approximate surface area is 271 Å². The fourth-order valence-corrected chi connectivity index (χ4v) is 6.48. The number of carbonyl (C=O) groups excluding carboxylic acids is 1. The molecule has 0 bridgehead atoms. The summed E-state index contributed by atoms with van der Waals surface area (Å²) in [6, 6.07) is 20.7. The number of fused-ring (bicyclic) bond motifs is 1. The SMILES string of the molecule is O=CO[C@@H]1[C@H](O)[C@@H](c2nnc[nH]2)O[C@H]1n1cnc2c(NCC(c3ccccc3)c3ccccc3)nc(NCCN3CCCCC3)nc21. The van der Waals surface area contributed by atoms with Crippen LogP contribution in [0.2, 0.25) is 0 Å². The van der Waals surface area contributed by atoms with Gasteiger partial charge in [-0.2, -0.15) is 9.97 Å². The molecule has 0 aliphatic carbocycles. The maximum Gasteiger partial charge on any atom is 0.293 e. The van der Waals surface area contributed by atoms with Crippen LogP contribution in [0.25, 0.3) is 11.2 Å². The molecule has 7 rings (SSSR count). The monoisotopic (exact) mass is 638 g/mol. The number of nitrogens with one attached hydrogen (secondary N) is 3. The second-order valence-electron chi connectivity index (χ2n) is 11.8. The summed E-state index contributed by atoms with van der Waals surface area (Å²) in [7, 11) is 0. The summed E-state index contributed by atoms with van der Waals surface area (Å²) in [5.74, 6) is 1.33. The Kier molecular flexibility index (Phi) is 9.31. The lowest BCUT2D eigenvalue weighted by Crippen LogP contribution is -2.34. The summed E-state index contributed by atoms with van der Waals surface area (Å²) in [5.41, 5.74) is 3.30. The summed E-state index contributed by atoms with van der Waals surface area (Å²) in [4.78, 5) is 31.3. The highest BCUT2D eigenvalue weighted by atomic mass is 16.6. The van der Waals surface area contributed by atoms with Gasteiger partial charge in [-0.1, -0.05) is 67.1 Å². The van der Waals surface area contributed by atoms with Crippen molar-refractivity contribution in [1.82, 2.24) is 39.6 Å². The van der Waals surface area contributed by atoms with Crippen LogP contribution in [0.4, 0.5) is 11.8 Å². The van der Waals surface area contributed by atoms with Gasteiger partial charge in [0.25, 0.3) is 6.47 Å². The van der Waals surface area contributed by atoms with Gasteiger partial charge in [0.2, 0.25) is 5.95 Å². The second kappa shape index (κ2) is 14.2. The van der Waals surface area contributed by atoms with Crippen molar-refractivity contribution in [3.05, 3.63) is 90.3 Å². The lowest BCUT2D eigenvalue weighted by atomic mass is 9.91. The molecular formula is C33H38N10O4. The van der Waals surface area contributed by atoms with Gasteiger partial charge >= 0.3 is 0 Å². The molecule has 4 atom stereocenters. The Morgan fingerprint density at radius 1 is 1.02 bits per heavy atom. The Bertz CT molecular complexity index is 1690. The van der Waals surface area contributed by atoms with Crippen molar-refractivity contribution in [1.29, 1.82) is 0 Å². The standard InChI is InChI=1S/C33H38N10O4/c44-21-46-28-26(45)27(30-36-19-38-41-30)47-32(28)43-20-37-25-29(39-33(40-31(25)43)34-14-17-42-15-8-3-9-16-42)35-18-24(22-10-4-1-5-11-22)23-12-6-2-7-13-23/h1-2,4-7,10-13,19-21,24,26-28,32,45H,3,8-9,14-18H2,(H,36,38,41)(H2,34,35,39,40)/t26-,27+,28-,32-/m1/s1. The van der Waals surface area contributed by atoms with Crippen molar-refractivity contribution in [3.63, 3.8) is 0 Å². The highest BCUT2D eigenvalue weighted by Crippen LogP contribution is 2.40. The van der Waals surface area contributed by atoms with E-state index >= 15 is 0 Å². The number of aliphatic hydroxyl groups is 1. The van der Waals surface area contributed by atoms with Gasteiger partial charge in [0.1, 0.15) is 18.5 Å². The number of anilines is 2. The smallest absolute Gasteiger partial charge is 0.293 e. The number of hydrogen-bond acceptors (Lipinski definition) is 12. The first-order valence-corrected chi connectivity index (χ1v) is 16.0. The number of aliphatic hydroxyl groups excluding tert-OH is 1. The molecule has 47 heavy (non-hydrogen) atoms. The van der Waals surface area contributed by atoms with Crippen molar-refractivity contribution in [3.8, 4) is 0 Å². The molecule has 0 saturated carbocycles. The zero-order valence-corrected chi connectivity index (χ0v) is 25.9. The van der Waals surface area contributed by atoms with E-state index in [9.17, 15) is 9.90 Å². The first-order valence-electron chi connectivity index (χ1n) is 16.0. The van der Waals surface area contributed by atoms with Crippen LogP contribution in [0.15, 0.2) is 73.3 Å². The normalized spacial score (nSPS) is 21.7. The maximum atomic E-state index is 11.5. The zero-order valence-electron chi connectivity index (χ0n) is 25.9. The summed E-state index contributed by atoms with van der Waals surface area (Å²) in [6.45, 7) is 4.57. The Hall–Kier alpha value is -4.92. The van der Waals surface area contributed by atoms with E-state index in [2.05, 4.69) is 60.0 Å². The third-order valence-electron chi connectivity index (χ3n) is 8.86. The molecule has 2 aliphatic rings. The molecule has 14 nitrogen and oxygen atoms in total. The molecule has 0 amide bonds. The predicted molar refractivity (Wildman–Crippen MR) is 174 cm³/mol. The number of benzene rings is 2. The summed E-state index contributed by atoms with van der Waals surface area (Å²) >= 11 is 0. The van der Waals surface area contributed by atoms with E-state index in [1.54, 1.807) is 10.9 Å². The van der Waals surface area contributed by atoms with Crippen molar-refractivity contribution in [2.75, 3.05) is 43.4 Å². The first-order chi connectivity index (χ1) is 23.2. The molecule has 14 heteroatoms. The number of carbonyl (C=O) groups is 1. The van der Waals surface area contributed by atoms with Gasteiger partial charge in [-0.15, -0.1) is 10.2 Å². The van der Waals surface area contributed by atoms with Crippen LogP contribution in [0, 0.1) is 0 Å². The molecule has 5 aromatic rings. The first kappa shape index (κ1) is 30.7. The molecule has 2 fully saturated rings. The number of imidazole rings is 1. The van der Waals surface area contributed by atoms with E-state index in [0.717, 1.165) is 19.6 Å². The minimum Gasteiger partial charge on any atom is -0.457 e. The van der Waals surface area contributed by atoms with E-state index in [1.165, 1.54) is 36.7 Å². The van der Waals surface area contributed by atoms with Gasteiger partial charge in [-0.3, -0.25) is 9.36 Å². The Balaban J connectivity index is 1.22. The average molecular weight is 639 g/mol. The van der Waals surface area contributed by atoms with Crippen LogP contribution < -0.4 is 10.6 Å². The third-order valence-corrected chi connectivity index (χ3v) is 8.86. The predicted octanol–water partition coefficient (Wildman–Crippen LogP) is 3.26. The maximum absolute atomic E-state index is 11.5. The summed E-state index contributed by atoms with van der Waals surface area (Å²) < 4.78 is 13.3. The molecule has 3 aromatic heterocycles. The molecule has 0 unspecified atom stereocenters. The van der Waals surface area contributed by atoms with Gasteiger partial charge in [0, 0.05) is 25.6 Å². The number of hydrogen-bond donors (Lipinski definition) is 4. The van der Waals surface area contributed by atoms with Gasteiger partial charge in [0.15, 0.2) is 35.1 Å². The van der Waals surface area contributed by atoms with Crippen molar-refractivity contribution in [2.45, 2.75) is 49.7 Å². The molecule has 4 N–H and O–H groups in total. The molecule has 2 aliphatic heterocycles. The molecule has 0 radical (unpaired) electrons. The molecule has 244 valence electrons. The number of aromatic amines is 1. The zero-order chi connectivity index (χ0) is 32.0. The largest absolute Gasteiger partial charge is 0.457 e. The second-order valence-corrected chi connectivity index (χ2v) is 11.8. The minimum atomic E-state index is -1.21. The van der Waals surface area contributed by atoms with E-state index in [1.807, 2.05) is 36.4 Å². The van der Waals surface area contributed by atoms with Crippen LogP contribution >= 0.6 is 0 Å². The van der Waals surface area contributed by atoms with Crippen LogP contribution in [0.3, 0.4) is 0 Å². The van der Waals surface area contributed by atoms with Crippen molar-refractivity contribution in [2.24, 2.45) is 0 Å². The van der Waals surface area contributed by atoms with Crippen molar-refractivity contribution < 1.29 is 19.4 Å². The van der Waals surface area contributed by atoms with Gasteiger partial charge in [0.05, 0.1) is 6.33 Å². The minimum absolute atomic E-state index is 0.0429. The molecule has 5 heterocycles. The van der Waals surface area contributed by atoms with Crippen molar-refractivity contribution >= 4 is 29.4 Å². The quantitative estimate of drug-likeness (QED) is 0.139. The topological polar surface area (TPSA) is 168 Å². The number of ether oxygens (including phenoxy) is 2. The van der Waals surface area contributed by atoms with Crippen LogP contribution in [0.1, 0.15) is 54.5 Å². The number of likely N-dealkylation sites (tertiary alicyclic amines) is 1. The average Bonchev–Trinajstić information content (AvgIpc) is 3.87. The number of rotatable bonds is 13. The Morgan fingerprint density at radius 2 is 1.77 bits per heavy atom. The van der Waals surface area contributed by atoms with Gasteiger partial charge < -0.3 is 35.1 Å².